The van der Waals surface area contributed by atoms with Crippen molar-refractivity contribution in [1.82, 2.24) is 0 Å². The van der Waals surface area contributed by atoms with Crippen LogP contribution in [0.15, 0.2) is 0 Å². The second-order valence-electron chi connectivity index (χ2n) is 3.20. The van der Waals surface area contributed by atoms with Gasteiger partial charge in [-0.1, -0.05) is 0 Å². The number of ether oxygens (including phenoxy) is 2. The van der Waals surface area contributed by atoms with Crippen LogP contribution in [0, 0.1) is 0 Å². The third kappa shape index (κ3) is 2.50. The van der Waals surface area contributed by atoms with Gasteiger partial charge in [0.15, 0.2) is 19.7 Å². The summed E-state index contributed by atoms with van der Waals surface area (Å²) in [5.74, 6) is -2.84. The standard InChI is InChI=1S/C6H8O8S2/c1-15(9,10)5-3(7)14-6(4(8)13-5)16(2,11)12/h5-6H,1-2H3. The first kappa shape index (κ1) is 12.9. The molecule has 0 radical (unpaired) electrons. The van der Waals surface area contributed by atoms with Crippen molar-refractivity contribution >= 4 is 31.6 Å². The molecular formula is C6H8O8S2. The van der Waals surface area contributed by atoms with Crippen molar-refractivity contribution in [1.29, 1.82) is 0 Å². The number of hydrogen-bond acceptors (Lipinski definition) is 8. The molecular weight excluding hydrogens is 264 g/mol. The molecule has 0 N–H and O–H groups in total. The molecule has 1 aliphatic heterocycles. The molecule has 10 heteroatoms. The van der Waals surface area contributed by atoms with Crippen LogP contribution < -0.4 is 0 Å². The molecule has 0 saturated carbocycles. The number of hydrogen-bond donors (Lipinski definition) is 0. The first-order valence-corrected chi connectivity index (χ1v) is 7.73. The van der Waals surface area contributed by atoms with Gasteiger partial charge in [0.05, 0.1) is 0 Å². The molecule has 0 aromatic rings. The Kier molecular flexibility index (Phi) is 2.98. The first-order chi connectivity index (χ1) is 7.03. The zero-order chi connectivity index (χ0) is 12.7. The lowest BCUT2D eigenvalue weighted by atomic mass is 10.6. The number of sulfone groups is 2. The van der Waals surface area contributed by atoms with E-state index in [1.807, 2.05) is 0 Å². The summed E-state index contributed by atoms with van der Waals surface area (Å²) >= 11 is 0. The minimum atomic E-state index is -3.99. The fourth-order valence-corrected chi connectivity index (χ4v) is 2.29. The molecule has 1 saturated heterocycles. The summed E-state index contributed by atoms with van der Waals surface area (Å²) in [6, 6.07) is 0. The summed E-state index contributed by atoms with van der Waals surface area (Å²) in [6.45, 7) is 0. The Morgan fingerprint density at radius 3 is 1.25 bits per heavy atom. The van der Waals surface area contributed by atoms with E-state index in [0.29, 0.717) is 12.5 Å². The van der Waals surface area contributed by atoms with Gasteiger partial charge in [-0.2, -0.15) is 0 Å². The van der Waals surface area contributed by atoms with Crippen LogP contribution in [0.3, 0.4) is 0 Å². The van der Waals surface area contributed by atoms with Crippen LogP contribution in [-0.2, 0) is 38.7 Å². The van der Waals surface area contributed by atoms with Crippen molar-refractivity contribution in [3.8, 4) is 0 Å². The van der Waals surface area contributed by atoms with E-state index in [0.717, 1.165) is 0 Å². The molecule has 0 aliphatic carbocycles. The molecule has 2 unspecified atom stereocenters. The van der Waals surface area contributed by atoms with Gasteiger partial charge in [0.25, 0.3) is 10.9 Å². The Bertz CT molecular complexity index is 477. The molecule has 2 atom stereocenters. The van der Waals surface area contributed by atoms with E-state index < -0.39 is 42.5 Å². The van der Waals surface area contributed by atoms with Gasteiger partial charge in [0.1, 0.15) is 0 Å². The number of carbonyl (C=O) groups excluding carboxylic acids is 2. The number of cyclic esters (lactones) is 2. The monoisotopic (exact) mass is 272 g/mol. The zero-order valence-corrected chi connectivity index (χ0v) is 9.87. The summed E-state index contributed by atoms with van der Waals surface area (Å²) in [7, 11) is -7.98. The summed E-state index contributed by atoms with van der Waals surface area (Å²) < 4.78 is 52.3. The Labute approximate surface area is 91.4 Å². The molecule has 16 heavy (non-hydrogen) atoms. The van der Waals surface area contributed by atoms with E-state index >= 15 is 0 Å². The van der Waals surface area contributed by atoms with E-state index in [-0.39, 0.29) is 0 Å². The Morgan fingerprint density at radius 2 is 1.06 bits per heavy atom. The average Bonchev–Trinajstić information content (AvgIpc) is 2.04. The highest BCUT2D eigenvalue weighted by Gasteiger charge is 2.47. The minimum absolute atomic E-state index is 0.660. The topological polar surface area (TPSA) is 121 Å². The van der Waals surface area contributed by atoms with Gasteiger partial charge in [-0.05, 0) is 0 Å². The lowest BCUT2D eigenvalue weighted by Crippen LogP contribution is -2.49. The summed E-state index contributed by atoms with van der Waals surface area (Å²) in [5, 5.41) is 0. The lowest BCUT2D eigenvalue weighted by molar-refractivity contribution is -0.181. The van der Waals surface area contributed by atoms with Crippen molar-refractivity contribution in [2.45, 2.75) is 10.9 Å². The van der Waals surface area contributed by atoms with Crippen molar-refractivity contribution in [2.24, 2.45) is 0 Å². The molecule has 1 fully saturated rings. The molecule has 8 nitrogen and oxygen atoms in total. The van der Waals surface area contributed by atoms with Crippen LogP contribution in [0.1, 0.15) is 0 Å². The maximum atomic E-state index is 11.1. The van der Waals surface area contributed by atoms with Crippen LogP contribution in [0.25, 0.3) is 0 Å². The quantitative estimate of drug-likeness (QED) is 0.520. The largest absolute Gasteiger partial charge is 0.430 e. The molecule has 0 aromatic heterocycles. The van der Waals surface area contributed by atoms with Gasteiger partial charge < -0.3 is 9.47 Å². The Hall–Kier alpha value is -1.16. The van der Waals surface area contributed by atoms with Gasteiger partial charge in [0.2, 0.25) is 0 Å². The van der Waals surface area contributed by atoms with Gasteiger partial charge in [0, 0.05) is 12.5 Å². The molecule has 1 aliphatic rings. The van der Waals surface area contributed by atoms with E-state index in [9.17, 15) is 26.4 Å². The van der Waals surface area contributed by atoms with Crippen molar-refractivity contribution in [3.63, 3.8) is 0 Å². The predicted molar refractivity (Wildman–Crippen MR) is 49.4 cm³/mol. The molecule has 0 bridgehead atoms. The molecule has 0 spiro atoms. The Balaban J connectivity index is 3.06. The molecule has 0 aromatic carbocycles. The second-order valence-corrected chi connectivity index (χ2v) is 7.37. The van der Waals surface area contributed by atoms with Gasteiger partial charge >= 0.3 is 11.9 Å². The van der Waals surface area contributed by atoms with Crippen molar-refractivity contribution in [2.75, 3.05) is 12.5 Å². The first-order valence-electron chi connectivity index (χ1n) is 3.82. The highest BCUT2D eigenvalue weighted by atomic mass is 32.2. The van der Waals surface area contributed by atoms with E-state index in [1.54, 1.807) is 0 Å². The second kappa shape index (κ2) is 3.70. The third-order valence-corrected chi connectivity index (χ3v) is 3.74. The van der Waals surface area contributed by atoms with Crippen molar-refractivity contribution in [3.05, 3.63) is 0 Å². The number of rotatable bonds is 2. The highest BCUT2D eigenvalue weighted by Crippen LogP contribution is 2.17. The van der Waals surface area contributed by atoms with Crippen LogP contribution in [0.2, 0.25) is 0 Å². The maximum Gasteiger partial charge on any atom is 0.365 e. The normalized spacial score (nSPS) is 27.1. The predicted octanol–water partition coefficient (Wildman–Crippen LogP) is -2.17. The van der Waals surface area contributed by atoms with Gasteiger partial charge in [-0.3, -0.25) is 0 Å². The minimum Gasteiger partial charge on any atom is -0.430 e. The fraction of sp³-hybridized carbons (Fsp3) is 0.667. The molecule has 92 valence electrons. The molecule has 1 rings (SSSR count). The SMILES string of the molecule is CS(=O)(=O)C1OC(=O)C(S(C)(=O)=O)OC1=O. The van der Waals surface area contributed by atoms with Crippen LogP contribution in [-0.4, -0.2) is 52.2 Å². The lowest BCUT2D eigenvalue weighted by Gasteiger charge is -2.24. The molecule has 1 heterocycles. The average molecular weight is 272 g/mol. The van der Waals surface area contributed by atoms with Gasteiger partial charge in [-0.15, -0.1) is 0 Å². The van der Waals surface area contributed by atoms with E-state index in [2.05, 4.69) is 9.47 Å². The van der Waals surface area contributed by atoms with Gasteiger partial charge in [-0.25, -0.2) is 26.4 Å². The van der Waals surface area contributed by atoms with Crippen LogP contribution in [0.5, 0.6) is 0 Å². The zero-order valence-electron chi connectivity index (χ0n) is 8.24. The van der Waals surface area contributed by atoms with E-state index in [4.69, 9.17) is 0 Å². The van der Waals surface area contributed by atoms with E-state index in [1.165, 1.54) is 0 Å². The number of carbonyl (C=O) groups is 2. The smallest absolute Gasteiger partial charge is 0.365 e. The summed E-state index contributed by atoms with van der Waals surface area (Å²) in [4.78, 5) is 22.2. The fourth-order valence-electron chi connectivity index (χ4n) is 0.943. The highest BCUT2D eigenvalue weighted by molar-refractivity contribution is 7.92. The molecule has 0 amide bonds. The summed E-state index contributed by atoms with van der Waals surface area (Å²) in [6.07, 6.45) is 1.32. The number of esters is 2. The van der Waals surface area contributed by atoms with Crippen LogP contribution >= 0.6 is 0 Å². The maximum absolute atomic E-state index is 11.1. The summed E-state index contributed by atoms with van der Waals surface area (Å²) in [5.41, 5.74) is -4.20. The third-order valence-electron chi connectivity index (χ3n) is 1.61. The Morgan fingerprint density at radius 1 is 0.812 bits per heavy atom. The van der Waals surface area contributed by atoms with Crippen molar-refractivity contribution < 1.29 is 35.9 Å². The van der Waals surface area contributed by atoms with Crippen LogP contribution in [0.4, 0.5) is 0 Å².